The second kappa shape index (κ2) is 6.34. The van der Waals surface area contributed by atoms with Crippen molar-refractivity contribution < 1.29 is 4.92 Å². The highest BCUT2D eigenvalue weighted by molar-refractivity contribution is 5.33. The van der Waals surface area contributed by atoms with E-state index in [1.165, 1.54) is 5.56 Å². The van der Waals surface area contributed by atoms with Gasteiger partial charge in [-0.3, -0.25) is 10.1 Å². The zero-order chi connectivity index (χ0) is 14.5. The van der Waals surface area contributed by atoms with Crippen LogP contribution in [0.3, 0.4) is 0 Å². The monoisotopic (exact) mass is 273 g/mol. The summed E-state index contributed by atoms with van der Waals surface area (Å²) in [5.41, 5.74) is 2.44. The summed E-state index contributed by atoms with van der Waals surface area (Å²) < 4.78 is 2.09. The predicted molar refractivity (Wildman–Crippen MR) is 78.7 cm³/mol. The Morgan fingerprint density at radius 2 is 2.00 bits per heavy atom. The first kappa shape index (κ1) is 14.3. The number of nitro groups is 1. The number of non-ortho nitro benzene ring substituents is 1. The van der Waals surface area contributed by atoms with Gasteiger partial charge >= 0.3 is 0 Å². The van der Waals surface area contributed by atoms with E-state index in [2.05, 4.69) is 29.1 Å². The van der Waals surface area contributed by atoms with Gasteiger partial charge in [0.1, 0.15) is 0 Å². The number of rotatable bonds is 6. The minimum absolute atomic E-state index is 0.128. The lowest BCUT2D eigenvalue weighted by Gasteiger charge is -2.11. The molecule has 0 saturated carbocycles. The van der Waals surface area contributed by atoms with Crippen molar-refractivity contribution in [2.45, 2.75) is 25.9 Å². The third-order valence-electron chi connectivity index (χ3n) is 3.44. The molecule has 1 N–H and O–H groups in total. The van der Waals surface area contributed by atoms with Gasteiger partial charge < -0.3 is 9.88 Å². The fourth-order valence-corrected chi connectivity index (χ4v) is 2.30. The van der Waals surface area contributed by atoms with Crippen LogP contribution in [-0.4, -0.2) is 16.5 Å². The molecular formula is C15H19N3O2. The van der Waals surface area contributed by atoms with Gasteiger partial charge in [0.15, 0.2) is 0 Å². The van der Waals surface area contributed by atoms with Crippen LogP contribution >= 0.6 is 0 Å². The van der Waals surface area contributed by atoms with E-state index < -0.39 is 0 Å². The molecular weight excluding hydrogens is 254 g/mol. The maximum Gasteiger partial charge on any atom is 0.269 e. The second-order valence-electron chi connectivity index (χ2n) is 4.79. The number of nitrogens with one attached hydrogen (secondary N) is 1. The Morgan fingerprint density at radius 1 is 1.30 bits per heavy atom. The quantitative estimate of drug-likeness (QED) is 0.650. The average molecular weight is 273 g/mol. The Hall–Kier alpha value is -2.14. The summed E-state index contributed by atoms with van der Waals surface area (Å²) in [6.07, 6.45) is 5.20. The number of hydrogen-bond donors (Lipinski definition) is 1. The largest absolute Gasteiger partial charge is 0.350 e. The van der Waals surface area contributed by atoms with Crippen LogP contribution in [0.25, 0.3) is 0 Å². The standard InChI is InChI=1S/C15H19N3O2/c1-3-15(16-2)13-8-9-17(11-13)10-12-4-6-14(7-5-12)18(19)20/h4-9,11,15-16H,3,10H2,1-2H3. The molecule has 5 heteroatoms. The molecule has 0 aliphatic heterocycles. The normalized spacial score (nSPS) is 12.3. The molecule has 5 nitrogen and oxygen atoms in total. The molecule has 0 fully saturated rings. The lowest BCUT2D eigenvalue weighted by Crippen LogP contribution is -2.14. The molecule has 0 aliphatic rings. The molecule has 20 heavy (non-hydrogen) atoms. The minimum Gasteiger partial charge on any atom is -0.350 e. The van der Waals surface area contributed by atoms with Crippen LogP contribution in [0.4, 0.5) is 5.69 Å². The van der Waals surface area contributed by atoms with Gasteiger partial charge in [-0.1, -0.05) is 19.1 Å². The van der Waals surface area contributed by atoms with Crippen molar-refractivity contribution in [2.24, 2.45) is 0 Å². The number of hydrogen-bond acceptors (Lipinski definition) is 3. The highest BCUT2D eigenvalue weighted by Gasteiger charge is 2.08. The van der Waals surface area contributed by atoms with Crippen molar-refractivity contribution in [1.29, 1.82) is 0 Å². The van der Waals surface area contributed by atoms with Gasteiger partial charge in [0.2, 0.25) is 0 Å². The maximum atomic E-state index is 10.6. The summed E-state index contributed by atoms with van der Waals surface area (Å²) in [5, 5.41) is 13.9. The van der Waals surface area contributed by atoms with E-state index in [1.54, 1.807) is 24.3 Å². The first-order valence-electron chi connectivity index (χ1n) is 6.70. The SMILES string of the molecule is CCC(NC)c1ccn(Cc2ccc([N+](=O)[O-])cc2)c1. The predicted octanol–water partition coefficient (Wildman–Crippen LogP) is 3.12. The molecule has 0 amide bonds. The molecule has 0 bridgehead atoms. The first-order valence-corrected chi connectivity index (χ1v) is 6.70. The molecule has 0 aliphatic carbocycles. The van der Waals surface area contributed by atoms with E-state index in [0.717, 1.165) is 18.5 Å². The molecule has 1 aromatic carbocycles. The topological polar surface area (TPSA) is 60.1 Å². The number of aromatic nitrogens is 1. The number of nitro benzene ring substituents is 1. The van der Waals surface area contributed by atoms with Crippen molar-refractivity contribution in [3.63, 3.8) is 0 Å². The fourth-order valence-electron chi connectivity index (χ4n) is 2.30. The van der Waals surface area contributed by atoms with Crippen molar-refractivity contribution in [3.8, 4) is 0 Å². The summed E-state index contributed by atoms with van der Waals surface area (Å²) in [6.45, 7) is 2.87. The van der Waals surface area contributed by atoms with E-state index >= 15 is 0 Å². The van der Waals surface area contributed by atoms with Crippen molar-refractivity contribution >= 4 is 5.69 Å². The number of benzene rings is 1. The Balaban J connectivity index is 2.08. The molecule has 2 aromatic rings. The Labute approximate surface area is 118 Å². The van der Waals surface area contributed by atoms with E-state index in [9.17, 15) is 10.1 Å². The van der Waals surface area contributed by atoms with Gasteiger partial charge in [0.05, 0.1) is 4.92 Å². The molecule has 1 atom stereocenters. The van der Waals surface area contributed by atoms with Gasteiger partial charge in [-0.15, -0.1) is 0 Å². The van der Waals surface area contributed by atoms with Crippen molar-refractivity contribution in [3.05, 3.63) is 64.0 Å². The summed E-state index contributed by atoms with van der Waals surface area (Å²) in [7, 11) is 1.96. The first-order chi connectivity index (χ1) is 9.63. The van der Waals surface area contributed by atoms with E-state index in [0.29, 0.717) is 6.04 Å². The van der Waals surface area contributed by atoms with Gasteiger partial charge in [-0.2, -0.15) is 0 Å². The van der Waals surface area contributed by atoms with Crippen LogP contribution in [-0.2, 0) is 6.54 Å². The summed E-state index contributed by atoms with van der Waals surface area (Å²) >= 11 is 0. The lowest BCUT2D eigenvalue weighted by molar-refractivity contribution is -0.384. The highest BCUT2D eigenvalue weighted by atomic mass is 16.6. The minimum atomic E-state index is -0.379. The molecule has 0 saturated heterocycles. The molecule has 1 heterocycles. The van der Waals surface area contributed by atoms with Gasteiger partial charge in [0.25, 0.3) is 5.69 Å². The van der Waals surface area contributed by atoms with Gasteiger partial charge in [-0.25, -0.2) is 0 Å². The zero-order valence-corrected chi connectivity index (χ0v) is 11.7. The molecule has 1 unspecified atom stereocenters. The van der Waals surface area contributed by atoms with Crippen LogP contribution < -0.4 is 5.32 Å². The maximum absolute atomic E-state index is 10.6. The molecule has 2 rings (SSSR count). The van der Waals surface area contributed by atoms with Crippen LogP contribution in [0.1, 0.15) is 30.5 Å². The smallest absolute Gasteiger partial charge is 0.269 e. The zero-order valence-electron chi connectivity index (χ0n) is 11.7. The summed E-state index contributed by atoms with van der Waals surface area (Å²) in [4.78, 5) is 10.2. The van der Waals surface area contributed by atoms with Crippen LogP contribution in [0.5, 0.6) is 0 Å². The van der Waals surface area contributed by atoms with Gasteiger partial charge in [-0.05, 0) is 30.7 Å². The van der Waals surface area contributed by atoms with Gasteiger partial charge in [0, 0.05) is 37.1 Å². The van der Waals surface area contributed by atoms with Crippen molar-refractivity contribution in [2.75, 3.05) is 7.05 Å². The lowest BCUT2D eigenvalue weighted by atomic mass is 10.1. The highest BCUT2D eigenvalue weighted by Crippen LogP contribution is 2.18. The molecule has 1 aromatic heterocycles. The number of nitrogens with zero attached hydrogens (tertiary/aromatic N) is 2. The second-order valence-corrected chi connectivity index (χ2v) is 4.79. The third-order valence-corrected chi connectivity index (χ3v) is 3.44. The van der Waals surface area contributed by atoms with Crippen LogP contribution in [0.2, 0.25) is 0 Å². The van der Waals surface area contributed by atoms with E-state index in [-0.39, 0.29) is 10.6 Å². The van der Waals surface area contributed by atoms with Crippen LogP contribution in [0.15, 0.2) is 42.7 Å². The van der Waals surface area contributed by atoms with E-state index in [4.69, 9.17) is 0 Å². The van der Waals surface area contributed by atoms with E-state index in [1.807, 2.05) is 13.2 Å². The Bertz CT molecular complexity index is 571. The Morgan fingerprint density at radius 3 is 2.55 bits per heavy atom. The molecule has 0 radical (unpaired) electrons. The van der Waals surface area contributed by atoms with Crippen molar-refractivity contribution in [1.82, 2.24) is 9.88 Å². The molecule has 0 spiro atoms. The van der Waals surface area contributed by atoms with Crippen LogP contribution in [0, 0.1) is 10.1 Å². The fraction of sp³-hybridized carbons (Fsp3) is 0.333. The summed E-state index contributed by atoms with van der Waals surface area (Å²) in [6, 6.07) is 9.16. The average Bonchev–Trinajstić information content (AvgIpc) is 2.89. The summed E-state index contributed by atoms with van der Waals surface area (Å²) in [5.74, 6) is 0. The Kier molecular flexibility index (Phi) is 4.53. The molecule has 106 valence electrons. The third kappa shape index (κ3) is 3.24.